The van der Waals surface area contributed by atoms with Gasteiger partial charge in [0.2, 0.25) is 0 Å². The molecule has 2 aromatic carbocycles. The molecule has 0 amide bonds. The lowest BCUT2D eigenvalue weighted by Crippen LogP contribution is -2.22. The van der Waals surface area contributed by atoms with Crippen molar-refractivity contribution in [1.82, 2.24) is 0 Å². The molecule has 0 aliphatic heterocycles. The molecule has 0 spiro atoms. The molecule has 1 N–H and O–H groups in total. The summed E-state index contributed by atoms with van der Waals surface area (Å²) in [5.74, 6) is -3.99. The largest absolute Gasteiger partial charge is 0.483 e. The lowest BCUT2D eigenvalue weighted by molar-refractivity contribution is -0.158. The van der Waals surface area contributed by atoms with Crippen LogP contribution in [0, 0.1) is 5.92 Å². The number of hydrogen-bond donors (Lipinski definition) is 1. The predicted octanol–water partition coefficient (Wildman–Crippen LogP) is 7.30. The maximum absolute atomic E-state index is 13.9. The van der Waals surface area contributed by atoms with E-state index in [2.05, 4.69) is 4.74 Å². The van der Waals surface area contributed by atoms with E-state index in [1.807, 2.05) is 0 Å². The first-order valence-electron chi connectivity index (χ1n) is 9.91. The van der Waals surface area contributed by atoms with Gasteiger partial charge in [-0.3, -0.25) is 4.79 Å². The first-order valence-corrected chi connectivity index (χ1v) is 9.91. The van der Waals surface area contributed by atoms with Crippen LogP contribution in [0.1, 0.15) is 41.9 Å². The number of rotatable bonds is 7. The van der Waals surface area contributed by atoms with E-state index in [1.54, 1.807) is 0 Å². The van der Waals surface area contributed by atoms with Crippen molar-refractivity contribution in [3.05, 3.63) is 53.1 Å². The number of ether oxygens (including phenoxy) is 1. The summed E-state index contributed by atoms with van der Waals surface area (Å²) in [5, 5.41) is 9.60. The molecule has 12 heteroatoms. The number of aliphatic carboxylic acids is 1. The highest BCUT2D eigenvalue weighted by Gasteiger charge is 2.41. The molecule has 0 radical (unpaired) electrons. The quantitative estimate of drug-likeness (QED) is 0.406. The standard InChI is InChI=1S/C22H17F9O3/c23-20(24,25)10-34-17-9-13(16(19(32)33)7-11-1-2-11)8-15(18(17)22(29,30)31)12-3-5-14(6-4-12)21(26,27)28/h3-6,8-9,11,16H,1-2,7,10H2,(H,32,33). The van der Waals surface area contributed by atoms with Crippen LogP contribution in [0.15, 0.2) is 36.4 Å². The second-order valence-corrected chi connectivity index (χ2v) is 7.99. The fourth-order valence-corrected chi connectivity index (χ4v) is 3.54. The Morgan fingerprint density at radius 1 is 0.941 bits per heavy atom. The molecule has 34 heavy (non-hydrogen) atoms. The maximum Gasteiger partial charge on any atom is 0.422 e. The molecule has 186 valence electrons. The minimum atomic E-state index is -5.26. The van der Waals surface area contributed by atoms with Crippen LogP contribution in [0.2, 0.25) is 0 Å². The summed E-state index contributed by atoms with van der Waals surface area (Å²) < 4.78 is 123. The number of halogens is 9. The summed E-state index contributed by atoms with van der Waals surface area (Å²) in [6, 6.07) is 3.98. The number of alkyl halides is 9. The Kier molecular flexibility index (Phi) is 6.82. The molecule has 0 aromatic heterocycles. The van der Waals surface area contributed by atoms with Crippen LogP contribution in [0.5, 0.6) is 5.75 Å². The van der Waals surface area contributed by atoms with Gasteiger partial charge in [-0.15, -0.1) is 0 Å². The molecule has 1 unspecified atom stereocenters. The molecule has 1 saturated carbocycles. The summed E-state index contributed by atoms with van der Waals surface area (Å²) in [6.45, 7) is -2.08. The number of benzene rings is 2. The van der Waals surface area contributed by atoms with Gasteiger partial charge >= 0.3 is 24.5 Å². The normalized spacial score (nSPS) is 15.8. The Balaban J connectivity index is 2.21. The van der Waals surface area contributed by atoms with E-state index in [0.717, 1.165) is 18.2 Å². The van der Waals surface area contributed by atoms with Crippen LogP contribution in [0.3, 0.4) is 0 Å². The molecule has 3 rings (SSSR count). The lowest BCUT2D eigenvalue weighted by Gasteiger charge is -2.22. The maximum atomic E-state index is 13.9. The molecule has 1 atom stereocenters. The van der Waals surface area contributed by atoms with Crippen molar-refractivity contribution in [2.75, 3.05) is 6.61 Å². The minimum absolute atomic E-state index is 0.00236. The Bertz CT molecular complexity index is 1030. The zero-order valence-corrected chi connectivity index (χ0v) is 17.1. The first kappa shape index (κ1) is 25.7. The molecule has 1 fully saturated rings. The summed E-state index contributed by atoms with van der Waals surface area (Å²) in [7, 11) is 0. The third-order valence-corrected chi connectivity index (χ3v) is 5.29. The molecular weight excluding hydrogens is 483 g/mol. The van der Waals surface area contributed by atoms with Crippen molar-refractivity contribution in [3.63, 3.8) is 0 Å². The van der Waals surface area contributed by atoms with E-state index in [1.165, 1.54) is 0 Å². The molecule has 1 aliphatic carbocycles. The molecule has 2 aromatic rings. The Morgan fingerprint density at radius 2 is 1.53 bits per heavy atom. The van der Waals surface area contributed by atoms with Gasteiger partial charge in [0.05, 0.1) is 11.5 Å². The van der Waals surface area contributed by atoms with E-state index in [-0.39, 0.29) is 17.9 Å². The summed E-state index contributed by atoms with van der Waals surface area (Å²) in [5.41, 5.74) is -4.20. The average Bonchev–Trinajstić information content (AvgIpc) is 3.52. The van der Waals surface area contributed by atoms with Gasteiger partial charge in [-0.2, -0.15) is 39.5 Å². The number of carboxylic acids is 1. The van der Waals surface area contributed by atoms with Gasteiger partial charge in [-0.1, -0.05) is 25.0 Å². The van der Waals surface area contributed by atoms with Crippen LogP contribution in [0.4, 0.5) is 39.5 Å². The number of carbonyl (C=O) groups is 1. The SMILES string of the molecule is O=C(O)C(CC1CC1)c1cc(OCC(F)(F)F)c(C(F)(F)F)c(-c2ccc(C(F)(F)F)cc2)c1. The van der Waals surface area contributed by atoms with E-state index >= 15 is 0 Å². The first-order chi connectivity index (χ1) is 15.6. The summed E-state index contributed by atoms with van der Waals surface area (Å²) in [6.07, 6.45) is -13.6. The summed E-state index contributed by atoms with van der Waals surface area (Å²) >= 11 is 0. The van der Waals surface area contributed by atoms with Gasteiger partial charge in [-0.25, -0.2) is 0 Å². The molecule has 0 heterocycles. The lowest BCUT2D eigenvalue weighted by atomic mass is 9.88. The average molecular weight is 500 g/mol. The van der Waals surface area contributed by atoms with E-state index in [9.17, 15) is 49.4 Å². The Morgan fingerprint density at radius 3 is 1.97 bits per heavy atom. The van der Waals surface area contributed by atoms with Crippen LogP contribution >= 0.6 is 0 Å². The highest BCUT2D eigenvalue weighted by Crippen LogP contribution is 2.47. The van der Waals surface area contributed by atoms with Crippen molar-refractivity contribution in [3.8, 4) is 16.9 Å². The van der Waals surface area contributed by atoms with Crippen molar-refractivity contribution >= 4 is 5.97 Å². The highest BCUT2D eigenvalue weighted by atomic mass is 19.4. The molecule has 0 saturated heterocycles. The van der Waals surface area contributed by atoms with Crippen molar-refractivity contribution in [2.24, 2.45) is 5.92 Å². The second kappa shape index (κ2) is 9.03. The van der Waals surface area contributed by atoms with Gasteiger partial charge in [-0.05, 0) is 53.3 Å². The van der Waals surface area contributed by atoms with Gasteiger partial charge in [0.25, 0.3) is 0 Å². The van der Waals surface area contributed by atoms with Crippen LogP contribution in [0.25, 0.3) is 11.1 Å². The second-order valence-electron chi connectivity index (χ2n) is 7.99. The van der Waals surface area contributed by atoms with Gasteiger partial charge in [0.1, 0.15) is 11.3 Å². The third-order valence-electron chi connectivity index (χ3n) is 5.29. The zero-order valence-electron chi connectivity index (χ0n) is 17.1. The number of carboxylic acid groups (broad SMARTS) is 1. The third kappa shape index (κ3) is 6.35. The van der Waals surface area contributed by atoms with Crippen LogP contribution in [-0.2, 0) is 17.1 Å². The minimum Gasteiger partial charge on any atom is -0.483 e. The fourth-order valence-electron chi connectivity index (χ4n) is 3.54. The topological polar surface area (TPSA) is 46.5 Å². The highest BCUT2D eigenvalue weighted by molar-refractivity contribution is 5.79. The van der Waals surface area contributed by atoms with E-state index in [0.29, 0.717) is 31.0 Å². The summed E-state index contributed by atoms with van der Waals surface area (Å²) in [4.78, 5) is 11.8. The van der Waals surface area contributed by atoms with Crippen molar-refractivity contribution < 1.29 is 54.2 Å². The van der Waals surface area contributed by atoms with Gasteiger partial charge in [0.15, 0.2) is 6.61 Å². The van der Waals surface area contributed by atoms with Gasteiger partial charge in [0, 0.05) is 0 Å². The van der Waals surface area contributed by atoms with Crippen molar-refractivity contribution in [1.29, 1.82) is 0 Å². The van der Waals surface area contributed by atoms with Crippen LogP contribution < -0.4 is 4.74 Å². The zero-order chi connectivity index (χ0) is 25.5. The van der Waals surface area contributed by atoms with Gasteiger partial charge < -0.3 is 9.84 Å². The van der Waals surface area contributed by atoms with Crippen LogP contribution in [-0.4, -0.2) is 23.9 Å². The predicted molar refractivity (Wildman–Crippen MR) is 101 cm³/mol. The monoisotopic (exact) mass is 500 g/mol. The van der Waals surface area contributed by atoms with Crippen molar-refractivity contribution in [2.45, 2.75) is 43.7 Å². The molecular formula is C22H17F9O3. The Hall–Kier alpha value is -2.92. The molecule has 3 nitrogen and oxygen atoms in total. The molecule has 1 aliphatic rings. The van der Waals surface area contributed by atoms with E-state index in [4.69, 9.17) is 0 Å². The van der Waals surface area contributed by atoms with E-state index < -0.39 is 65.0 Å². The number of hydrogen-bond acceptors (Lipinski definition) is 2. The Labute approximate surface area is 187 Å². The fraction of sp³-hybridized carbons (Fsp3) is 0.409. The smallest absolute Gasteiger partial charge is 0.422 e. The molecule has 0 bridgehead atoms.